The smallest absolute Gasteiger partial charge is 0.312 e. The first-order chi connectivity index (χ1) is 13.5. The van der Waals surface area contributed by atoms with Gasteiger partial charge in [0, 0.05) is 10.9 Å². The number of thiazole rings is 1. The van der Waals surface area contributed by atoms with Gasteiger partial charge in [-0.05, 0) is 36.4 Å². The number of aromatic nitrogens is 1. The van der Waals surface area contributed by atoms with E-state index in [-0.39, 0.29) is 12.1 Å². The minimum Gasteiger partial charge on any atom is -0.497 e. The van der Waals surface area contributed by atoms with Gasteiger partial charge in [-0.1, -0.05) is 12.1 Å². The average Bonchev–Trinajstić information content (AvgIpc) is 3.16. The molecule has 0 aliphatic rings. The second kappa shape index (κ2) is 9.09. The van der Waals surface area contributed by atoms with Crippen LogP contribution in [0.4, 0.5) is 10.1 Å². The second-order valence-electron chi connectivity index (χ2n) is 5.74. The Morgan fingerprint density at radius 3 is 2.61 bits per heavy atom. The van der Waals surface area contributed by atoms with Crippen molar-refractivity contribution in [3.05, 3.63) is 65.4 Å². The van der Waals surface area contributed by atoms with Crippen molar-refractivity contribution < 1.29 is 23.5 Å². The lowest BCUT2D eigenvalue weighted by Gasteiger charge is -2.06. The average molecular weight is 400 g/mol. The highest BCUT2D eigenvalue weighted by molar-refractivity contribution is 7.13. The molecule has 0 radical (unpaired) electrons. The van der Waals surface area contributed by atoms with E-state index < -0.39 is 24.3 Å². The zero-order chi connectivity index (χ0) is 19.9. The third-order valence-electron chi connectivity index (χ3n) is 3.73. The van der Waals surface area contributed by atoms with Gasteiger partial charge in [0.15, 0.2) is 6.61 Å². The number of anilines is 1. The molecule has 0 saturated carbocycles. The lowest BCUT2D eigenvalue weighted by molar-refractivity contribution is -0.146. The topological polar surface area (TPSA) is 77.5 Å². The van der Waals surface area contributed by atoms with Crippen molar-refractivity contribution >= 4 is 28.9 Å². The fraction of sp³-hybridized carbons (Fsp3) is 0.150. The van der Waals surface area contributed by atoms with E-state index in [0.717, 1.165) is 16.3 Å². The number of ether oxygens (including phenoxy) is 2. The largest absolute Gasteiger partial charge is 0.497 e. The van der Waals surface area contributed by atoms with E-state index >= 15 is 0 Å². The van der Waals surface area contributed by atoms with Crippen molar-refractivity contribution in [1.82, 2.24) is 4.98 Å². The van der Waals surface area contributed by atoms with Crippen LogP contribution in [0.2, 0.25) is 0 Å². The molecule has 6 nitrogen and oxygen atoms in total. The summed E-state index contributed by atoms with van der Waals surface area (Å²) in [5, 5.41) is 4.88. The molecular weight excluding hydrogens is 383 g/mol. The van der Waals surface area contributed by atoms with Gasteiger partial charge in [-0.15, -0.1) is 11.3 Å². The van der Waals surface area contributed by atoms with Crippen molar-refractivity contribution in [2.45, 2.75) is 6.42 Å². The lowest BCUT2D eigenvalue weighted by Crippen LogP contribution is -2.22. The van der Waals surface area contributed by atoms with Gasteiger partial charge in [0.1, 0.15) is 16.6 Å². The second-order valence-corrected chi connectivity index (χ2v) is 6.60. The number of rotatable bonds is 7. The molecule has 0 bridgehead atoms. The Balaban J connectivity index is 1.50. The van der Waals surface area contributed by atoms with Gasteiger partial charge >= 0.3 is 5.97 Å². The van der Waals surface area contributed by atoms with Gasteiger partial charge in [0.2, 0.25) is 0 Å². The van der Waals surface area contributed by atoms with E-state index in [1.165, 1.54) is 29.5 Å². The molecule has 0 spiro atoms. The first-order valence-corrected chi connectivity index (χ1v) is 9.22. The van der Waals surface area contributed by atoms with Crippen LogP contribution in [-0.4, -0.2) is 30.6 Å². The Kier molecular flexibility index (Phi) is 6.33. The third kappa shape index (κ3) is 5.14. The number of nitrogens with zero attached hydrogens (tertiary/aromatic N) is 1. The molecule has 0 aliphatic heterocycles. The Bertz CT molecular complexity index is 972. The van der Waals surface area contributed by atoms with Gasteiger partial charge in [-0.3, -0.25) is 9.59 Å². The van der Waals surface area contributed by atoms with Gasteiger partial charge < -0.3 is 14.8 Å². The fourth-order valence-corrected chi connectivity index (χ4v) is 3.17. The normalized spacial score (nSPS) is 10.4. The van der Waals surface area contributed by atoms with Crippen molar-refractivity contribution in [3.63, 3.8) is 0 Å². The summed E-state index contributed by atoms with van der Waals surface area (Å²) < 4.78 is 23.5. The van der Waals surface area contributed by atoms with Gasteiger partial charge in [0.05, 0.1) is 24.9 Å². The molecule has 0 fully saturated rings. The highest BCUT2D eigenvalue weighted by Crippen LogP contribution is 2.26. The minimum atomic E-state index is -0.615. The number of amides is 1. The lowest BCUT2D eigenvalue weighted by atomic mass is 10.2. The molecule has 1 N–H and O–H groups in total. The van der Waals surface area contributed by atoms with Gasteiger partial charge in [0.25, 0.3) is 5.91 Å². The summed E-state index contributed by atoms with van der Waals surface area (Å²) in [5.41, 5.74) is 1.50. The number of carbonyl (C=O) groups is 2. The standard InChI is InChI=1S/C20H17FN2O4S/c1-26-15-8-6-13(7-9-15)20-22-14(12-28-20)10-19(25)27-11-18(24)23-17-5-3-2-4-16(17)21/h2-9,12H,10-11H2,1H3,(H,23,24). The van der Waals surface area contributed by atoms with Gasteiger partial charge in [-0.25, -0.2) is 9.37 Å². The zero-order valence-corrected chi connectivity index (χ0v) is 15.8. The van der Waals surface area contributed by atoms with E-state index in [1.807, 2.05) is 24.3 Å². The van der Waals surface area contributed by atoms with Crippen LogP contribution < -0.4 is 10.1 Å². The SMILES string of the molecule is COc1ccc(-c2nc(CC(=O)OCC(=O)Nc3ccccc3F)cs2)cc1. The molecule has 0 saturated heterocycles. The highest BCUT2D eigenvalue weighted by atomic mass is 32.1. The molecular formula is C20H17FN2O4S. The summed E-state index contributed by atoms with van der Waals surface area (Å²) >= 11 is 1.41. The zero-order valence-electron chi connectivity index (χ0n) is 15.0. The number of nitrogens with one attached hydrogen (secondary N) is 1. The van der Waals surface area contributed by atoms with Crippen LogP contribution in [0, 0.1) is 5.82 Å². The molecule has 0 unspecified atom stereocenters. The first kappa shape index (κ1) is 19.5. The van der Waals surface area contributed by atoms with Crippen molar-refractivity contribution in [2.75, 3.05) is 19.0 Å². The van der Waals surface area contributed by atoms with Gasteiger partial charge in [-0.2, -0.15) is 0 Å². The molecule has 1 aromatic heterocycles. The Labute approximate surface area is 164 Å². The quantitative estimate of drug-likeness (QED) is 0.612. The van der Waals surface area contributed by atoms with Crippen LogP contribution >= 0.6 is 11.3 Å². The number of methoxy groups -OCH3 is 1. The van der Waals surface area contributed by atoms with Crippen LogP contribution in [0.5, 0.6) is 5.75 Å². The molecule has 0 atom stereocenters. The molecule has 8 heteroatoms. The van der Waals surface area contributed by atoms with E-state index in [9.17, 15) is 14.0 Å². The molecule has 3 rings (SSSR count). The molecule has 3 aromatic rings. The fourth-order valence-electron chi connectivity index (χ4n) is 2.35. The van der Waals surface area contributed by atoms with E-state index in [2.05, 4.69) is 10.3 Å². The Morgan fingerprint density at radius 1 is 1.14 bits per heavy atom. The molecule has 28 heavy (non-hydrogen) atoms. The minimum absolute atomic E-state index is 0.0344. The first-order valence-electron chi connectivity index (χ1n) is 8.34. The maximum Gasteiger partial charge on any atom is 0.312 e. The summed E-state index contributed by atoms with van der Waals surface area (Å²) in [4.78, 5) is 28.1. The van der Waals surface area contributed by atoms with Crippen molar-refractivity contribution in [3.8, 4) is 16.3 Å². The van der Waals surface area contributed by atoms with Crippen LogP contribution in [0.15, 0.2) is 53.9 Å². The number of benzene rings is 2. The number of carbonyl (C=O) groups excluding carboxylic acids is 2. The van der Waals surface area contributed by atoms with Crippen LogP contribution in [0.25, 0.3) is 10.6 Å². The summed E-state index contributed by atoms with van der Waals surface area (Å²) in [6.07, 6.45) is -0.0559. The predicted molar refractivity (Wildman–Crippen MR) is 104 cm³/mol. The Hall–Kier alpha value is -3.26. The molecule has 1 amide bonds. The number of halogens is 1. The molecule has 1 heterocycles. The van der Waals surface area contributed by atoms with E-state index in [0.29, 0.717) is 5.69 Å². The number of hydrogen-bond donors (Lipinski definition) is 1. The Morgan fingerprint density at radius 2 is 1.89 bits per heavy atom. The van der Waals surface area contributed by atoms with Crippen molar-refractivity contribution in [2.24, 2.45) is 0 Å². The molecule has 0 aliphatic carbocycles. The van der Waals surface area contributed by atoms with Crippen LogP contribution in [-0.2, 0) is 20.7 Å². The predicted octanol–water partition coefficient (Wildman–Crippen LogP) is 3.68. The number of hydrogen-bond acceptors (Lipinski definition) is 6. The molecule has 144 valence electrons. The maximum atomic E-state index is 13.5. The summed E-state index contributed by atoms with van der Waals surface area (Å²) in [7, 11) is 1.60. The van der Waals surface area contributed by atoms with E-state index in [1.54, 1.807) is 18.6 Å². The molecule has 2 aromatic carbocycles. The van der Waals surface area contributed by atoms with E-state index in [4.69, 9.17) is 9.47 Å². The monoisotopic (exact) mass is 400 g/mol. The highest BCUT2D eigenvalue weighted by Gasteiger charge is 2.13. The van der Waals surface area contributed by atoms with Crippen molar-refractivity contribution in [1.29, 1.82) is 0 Å². The summed E-state index contributed by atoms with van der Waals surface area (Å²) in [6, 6.07) is 13.2. The number of esters is 1. The van der Waals surface area contributed by atoms with Crippen LogP contribution in [0.3, 0.4) is 0 Å². The number of para-hydroxylation sites is 1. The maximum absolute atomic E-state index is 13.5. The third-order valence-corrected chi connectivity index (χ3v) is 4.67. The summed E-state index contributed by atoms with van der Waals surface area (Å²) in [6.45, 7) is -0.497. The summed E-state index contributed by atoms with van der Waals surface area (Å²) in [5.74, 6) is -1.01. The van der Waals surface area contributed by atoms with Crippen LogP contribution in [0.1, 0.15) is 5.69 Å².